The van der Waals surface area contributed by atoms with Crippen LogP contribution < -0.4 is 0 Å². The summed E-state index contributed by atoms with van der Waals surface area (Å²) in [7, 11) is -1.88. The van der Waals surface area contributed by atoms with Gasteiger partial charge in [-0.2, -0.15) is 9.40 Å². The first-order valence-corrected chi connectivity index (χ1v) is 9.21. The molecule has 10 heteroatoms. The Morgan fingerprint density at radius 2 is 2.16 bits per heavy atom. The SMILES string of the molecule is Cc1noc2ncc(S(=O)(=O)N3CCO[C@H](c4cnn(C)c4)C3)cc12. The number of morpholine rings is 1. The van der Waals surface area contributed by atoms with E-state index >= 15 is 0 Å². The molecule has 0 radical (unpaired) electrons. The zero-order valence-corrected chi connectivity index (χ0v) is 14.6. The van der Waals surface area contributed by atoms with Crippen LogP contribution >= 0.6 is 0 Å². The van der Waals surface area contributed by atoms with Gasteiger partial charge in [0.2, 0.25) is 10.0 Å². The average Bonchev–Trinajstić information content (AvgIpc) is 3.21. The molecule has 1 saturated heterocycles. The van der Waals surface area contributed by atoms with Gasteiger partial charge >= 0.3 is 0 Å². The van der Waals surface area contributed by atoms with Crippen LogP contribution in [-0.4, -0.2) is 52.3 Å². The fraction of sp³-hybridized carbons (Fsp3) is 0.400. The second-order valence-electron chi connectivity index (χ2n) is 5.96. The quantitative estimate of drug-likeness (QED) is 0.684. The summed E-state index contributed by atoms with van der Waals surface area (Å²) < 4.78 is 39.8. The van der Waals surface area contributed by atoms with E-state index in [9.17, 15) is 8.42 Å². The molecule has 0 aromatic carbocycles. The van der Waals surface area contributed by atoms with Crippen LogP contribution in [0.15, 0.2) is 34.1 Å². The lowest BCUT2D eigenvalue weighted by Gasteiger charge is -2.31. The fourth-order valence-corrected chi connectivity index (χ4v) is 4.27. The minimum atomic E-state index is -3.69. The molecule has 0 amide bonds. The van der Waals surface area contributed by atoms with Crippen molar-refractivity contribution in [1.29, 1.82) is 0 Å². The third-order valence-electron chi connectivity index (χ3n) is 4.25. The number of hydrogen-bond donors (Lipinski definition) is 0. The summed E-state index contributed by atoms with van der Waals surface area (Å²) >= 11 is 0. The Hall–Kier alpha value is -2.30. The van der Waals surface area contributed by atoms with Crippen LogP contribution in [0.5, 0.6) is 0 Å². The molecule has 4 rings (SSSR count). The molecule has 0 bridgehead atoms. The lowest BCUT2D eigenvalue weighted by molar-refractivity contribution is -0.00259. The molecule has 3 aromatic heterocycles. The van der Waals surface area contributed by atoms with Gasteiger partial charge in [-0.05, 0) is 13.0 Å². The second-order valence-corrected chi connectivity index (χ2v) is 7.90. The van der Waals surface area contributed by atoms with Crippen molar-refractivity contribution in [2.24, 2.45) is 7.05 Å². The molecule has 3 aromatic rings. The molecule has 1 atom stereocenters. The van der Waals surface area contributed by atoms with Crippen molar-refractivity contribution in [1.82, 2.24) is 24.2 Å². The van der Waals surface area contributed by atoms with Crippen LogP contribution in [0.4, 0.5) is 0 Å². The summed E-state index contributed by atoms with van der Waals surface area (Å²) in [6.45, 7) is 2.59. The van der Waals surface area contributed by atoms with Gasteiger partial charge in [0.25, 0.3) is 5.71 Å². The average molecular weight is 363 g/mol. The Morgan fingerprint density at radius 3 is 2.92 bits per heavy atom. The van der Waals surface area contributed by atoms with Gasteiger partial charge in [0.1, 0.15) is 4.90 Å². The largest absolute Gasteiger partial charge is 0.371 e. The molecule has 0 saturated carbocycles. The Labute approximate surface area is 144 Å². The topological polar surface area (TPSA) is 103 Å². The van der Waals surface area contributed by atoms with Crippen LogP contribution in [0.25, 0.3) is 11.1 Å². The van der Waals surface area contributed by atoms with Gasteiger partial charge in [0.05, 0.1) is 36.2 Å². The summed E-state index contributed by atoms with van der Waals surface area (Å²) in [6.07, 6.45) is 4.48. The summed E-state index contributed by atoms with van der Waals surface area (Å²) in [4.78, 5) is 4.19. The van der Waals surface area contributed by atoms with Gasteiger partial charge in [0, 0.05) is 31.9 Å². The van der Waals surface area contributed by atoms with E-state index in [1.165, 1.54) is 10.5 Å². The maximum absolute atomic E-state index is 13.0. The minimum Gasteiger partial charge on any atom is -0.371 e. The van der Waals surface area contributed by atoms with Crippen molar-refractivity contribution in [3.05, 3.63) is 35.9 Å². The Kier molecular flexibility index (Phi) is 3.82. The molecular formula is C15H17N5O4S. The van der Waals surface area contributed by atoms with Crippen molar-refractivity contribution < 1.29 is 17.7 Å². The number of rotatable bonds is 3. The molecular weight excluding hydrogens is 346 g/mol. The van der Waals surface area contributed by atoms with Crippen molar-refractivity contribution in [2.75, 3.05) is 19.7 Å². The number of ether oxygens (including phenoxy) is 1. The standard InChI is InChI=1S/C15H17N5O4S/c1-10-13-5-12(7-16-15(13)24-18-10)25(21,22)20-3-4-23-14(9-20)11-6-17-19(2)8-11/h5-8,14H,3-4,9H2,1-2H3/t14-/m0/s1. The van der Waals surface area contributed by atoms with Gasteiger partial charge in [0.15, 0.2) is 0 Å². The molecule has 25 heavy (non-hydrogen) atoms. The van der Waals surface area contributed by atoms with E-state index in [2.05, 4.69) is 15.2 Å². The van der Waals surface area contributed by atoms with E-state index in [4.69, 9.17) is 9.26 Å². The van der Waals surface area contributed by atoms with Crippen LogP contribution in [-0.2, 0) is 21.8 Å². The molecule has 1 aliphatic rings. The third-order valence-corrected chi connectivity index (χ3v) is 6.08. The fourth-order valence-electron chi connectivity index (χ4n) is 2.87. The predicted molar refractivity (Wildman–Crippen MR) is 87.2 cm³/mol. The van der Waals surface area contributed by atoms with Gasteiger partial charge in [-0.25, -0.2) is 13.4 Å². The van der Waals surface area contributed by atoms with Crippen LogP contribution in [0.1, 0.15) is 17.4 Å². The number of fused-ring (bicyclic) bond motifs is 1. The van der Waals surface area contributed by atoms with E-state index in [0.717, 1.165) is 5.56 Å². The first-order valence-electron chi connectivity index (χ1n) is 7.77. The number of pyridine rings is 1. The Balaban J connectivity index is 1.65. The molecule has 132 valence electrons. The molecule has 0 aliphatic carbocycles. The highest BCUT2D eigenvalue weighted by atomic mass is 32.2. The van der Waals surface area contributed by atoms with Crippen molar-refractivity contribution in [2.45, 2.75) is 17.9 Å². The minimum absolute atomic E-state index is 0.123. The van der Waals surface area contributed by atoms with Crippen LogP contribution in [0.3, 0.4) is 0 Å². The predicted octanol–water partition coefficient (Wildman–Crippen LogP) is 1.03. The summed E-state index contributed by atoms with van der Waals surface area (Å²) in [5.41, 5.74) is 1.78. The van der Waals surface area contributed by atoms with Gasteiger partial charge in [-0.1, -0.05) is 5.16 Å². The smallest absolute Gasteiger partial charge is 0.257 e. The van der Waals surface area contributed by atoms with E-state index in [0.29, 0.717) is 29.9 Å². The molecule has 1 aliphatic heterocycles. The van der Waals surface area contributed by atoms with Gasteiger partial charge in [-0.15, -0.1) is 0 Å². The van der Waals surface area contributed by atoms with E-state index in [1.807, 2.05) is 13.2 Å². The number of hydrogen-bond acceptors (Lipinski definition) is 7. The first-order chi connectivity index (χ1) is 11.9. The Morgan fingerprint density at radius 1 is 1.32 bits per heavy atom. The van der Waals surface area contributed by atoms with Gasteiger partial charge in [-0.3, -0.25) is 4.68 Å². The Bertz CT molecular complexity index is 1030. The molecule has 1 fully saturated rings. The van der Waals surface area contributed by atoms with E-state index < -0.39 is 10.0 Å². The van der Waals surface area contributed by atoms with Gasteiger partial charge < -0.3 is 9.26 Å². The number of nitrogens with zero attached hydrogens (tertiary/aromatic N) is 5. The molecule has 4 heterocycles. The zero-order chi connectivity index (χ0) is 17.6. The molecule has 0 spiro atoms. The normalized spacial score (nSPS) is 19.5. The van der Waals surface area contributed by atoms with Crippen LogP contribution in [0, 0.1) is 6.92 Å². The highest BCUT2D eigenvalue weighted by Crippen LogP contribution is 2.27. The lowest BCUT2D eigenvalue weighted by Crippen LogP contribution is -2.42. The lowest BCUT2D eigenvalue weighted by atomic mass is 10.2. The highest BCUT2D eigenvalue weighted by molar-refractivity contribution is 7.89. The zero-order valence-electron chi connectivity index (χ0n) is 13.8. The maximum atomic E-state index is 13.0. The number of sulfonamides is 1. The monoisotopic (exact) mass is 363 g/mol. The van der Waals surface area contributed by atoms with E-state index in [1.54, 1.807) is 23.9 Å². The summed E-state index contributed by atoms with van der Waals surface area (Å²) in [5.74, 6) is 0. The molecule has 0 N–H and O–H groups in total. The number of aryl methyl sites for hydroxylation is 2. The van der Waals surface area contributed by atoms with Crippen molar-refractivity contribution >= 4 is 21.1 Å². The maximum Gasteiger partial charge on any atom is 0.257 e. The third kappa shape index (κ3) is 2.81. The molecule has 9 nitrogen and oxygen atoms in total. The summed E-state index contributed by atoms with van der Waals surface area (Å²) in [5, 5.41) is 8.52. The van der Waals surface area contributed by atoms with Crippen molar-refractivity contribution in [3.63, 3.8) is 0 Å². The van der Waals surface area contributed by atoms with Crippen LogP contribution in [0.2, 0.25) is 0 Å². The van der Waals surface area contributed by atoms with E-state index in [-0.39, 0.29) is 17.5 Å². The van der Waals surface area contributed by atoms with Crippen molar-refractivity contribution in [3.8, 4) is 0 Å². The number of aromatic nitrogens is 4. The molecule has 0 unspecified atom stereocenters. The highest BCUT2D eigenvalue weighted by Gasteiger charge is 2.32. The second kappa shape index (κ2) is 5.90. The summed E-state index contributed by atoms with van der Waals surface area (Å²) in [6, 6.07) is 1.55. The first kappa shape index (κ1) is 16.2.